The highest BCUT2D eigenvalue weighted by Crippen LogP contribution is 2.49. The van der Waals surface area contributed by atoms with Gasteiger partial charge in [0.15, 0.2) is 39.3 Å². The number of carbonyl (C=O) groups excluding carboxylic acids is 3. The van der Waals surface area contributed by atoms with Gasteiger partial charge in [-0.25, -0.2) is 32.8 Å². The minimum atomic E-state index is -3.53. The van der Waals surface area contributed by atoms with Crippen LogP contribution < -0.4 is 48.0 Å². The van der Waals surface area contributed by atoms with Crippen molar-refractivity contribution < 1.29 is 45.8 Å². The number of hydrogen-bond acceptors (Lipinski definition) is 25. The molecule has 0 spiro atoms. The monoisotopic (exact) mass is 1900 g/mol. The number of nitrogen functional groups attached to an aromatic ring is 1. The van der Waals surface area contributed by atoms with E-state index in [1.807, 2.05) is 185 Å². The molecule has 2 amide bonds. The molecule has 10 heterocycles. The summed E-state index contributed by atoms with van der Waals surface area (Å²) in [6.07, 6.45) is 6.77. The molecular weight excluding hydrogens is 1820 g/mol. The van der Waals surface area contributed by atoms with Crippen molar-refractivity contribution in [3.05, 3.63) is 354 Å². The molecule has 9 aromatic heterocycles. The number of oxazole rings is 1. The summed E-state index contributed by atoms with van der Waals surface area (Å²) >= 11 is 16.8. The highest BCUT2D eigenvalue weighted by Gasteiger charge is 2.43. The Balaban J connectivity index is 0.000000117. The van der Waals surface area contributed by atoms with Gasteiger partial charge < -0.3 is 45.1 Å². The molecule has 21 rings (SSSR count). The number of halogens is 2. The molecule has 7 N–H and O–H groups in total. The second-order valence-electron chi connectivity index (χ2n) is 32.2. The fraction of sp³-hybridized carbons (Fsp3) is 0.178. The number of H-pyrrole nitrogens is 2. The Morgan fingerprint density at radius 1 is 0.679 bits per heavy atom. The van der Waals surface area contributed by atoms with Crippen LogP contribution in [0.25, 0.3) is 80.9 Å². The number of pyridine rings is 1. The van der Waals surface area contributed by atoms with Crippen molar-refractivity contribution >= 4 is 154 Å². The van der Waals surface area contributed by atoms with Crippen molar-refractivity contribution in [1.82, 2.24) is 49.9 Å². The summed E-state index contributed by atoms with van der Waals surface area (Å²) in [7, 11) is -3.53. The number of hydrogen-bond donors (Lipinski definition) is 6. The van der Waals surface area contributed by atoms with Crippen LogP contribution in [-0.4, -0.2) is 82.6 Å². The van der Waals surface area contributed by atoms with E-state index in [2.05, 4.69) is 98.9 Å². The second-order valence-corrected chi connectivity index (χ2v) is 38.3. The predicted molar refractivity (Wildman–Crippen MR) is 526 cm³/mol. The van der Waals surface area contributed by atoms with E-state index in [-0.39, 0.29) is 63.6 Å². The van der Waals surface area contributed by atoms with E-state index in [1.165, 1.54) is 58.0 Å². The summed E-state index contributed by atoms with van der Waals surface area (Å²) < 4.78 is 57.1. The molecular formula is C101H86Cl2N14O13S4. The number of sulfone groups is 1. The normalized spacial score (nSPS) is 13.0. The number of anilines is 4. The smallest absolute Gasteiger partial charge is 0.329 e. The molecule has 134 heavy (non-hydrogen) atoms. The quantitative estimate of drug-likeness (QED) is 0.0438. The first-order valence-electron chi connectivity index (χ1n) is 43.0. The fourth-order valence-electron chi connectivity index (χ4n) is 15.8. The Morgan fingerprint density at radius 2 is 1.44 bits per heavy atom. The number of nitrogens with two attached hydrogens (primary N) is 1. The van der Waals surface area contributed by atoms with Gasteiger partial charge in [0.05, 0.1) is 36.1 Å². The SMILES string of the molecule is CCc1ccc(OCC(=O)Nc2cc(-c3nc4cc(C)ccc4o3)ccc2C)cc1.CCn1c2c(c(=O)[nH]c1=O)C(c1ccc(C(C)C)cc1)C1=C(N2)c2ccccc2C1=O.Cc1ccnc(NC(=O)c2cc3sc4ccccc4c3s2)c1.Nc1nonc1-c1noc(-c2cccc(COc3ccc(Cl)cc3Cl)c2)n1.O=c1[nH]c(CS(=O)(=O)c2ccccc2)nc2sc3c(c12)CCCC3. The van der Waals surface area contributed by atoms with Gasteiger partial charge in [-0.3, -0.25) is 33.5 Å². The summed E-state index contributed by atoms with van der Waals surface area (Å²) in [6.45, 7) is 14.8. The van der Waals surface area contributed by atoms with Crippen LogP contribution in [0.15, 0.2) is 269 Å². The molecule has 2 aliphatic carbocycles. The van der Waals surface area contributed by atoms with E-state index in [0.29, 0.717) is 108 Å². The zero-order valence-corrected chi connectivity index (χ0v) is 78.1. The number of Topliss-reactive ketones (excluding diaryl/α,β-unsaturated/α-hetero) is 1. The lowest BCUT2D eigenvalue weighted by Crippen LogP contribution is -2.38. The average molecular weight is 1900 g/mol. The van der Waals surface area contributed by atoms with Gasteiger partial charge in [0.1, 0.15) is 51.7 Å². The van der Waals surface area contributed by atoms with E-state index in [4.69, 9.17) is 47.3 Å². The van der Waals surface area contributed by atoms with Crippen molar-refractivity contribution in [2.24, 2.45) is 0 Å². The van der Waals surface area contributed by atoms with E-state index < -0.39 is 27.0 Å². The van der Waals surface area contributed by atoms with E-state index >= 15 is 0 Å². The van der Waals surface area contributed by atoms with Crippen molar-refractivity contribution in [2.75, 3.05) is 28.3 Å². The average Bonchev–Trinajstić information content (AvgIpc) is 1.56. The molecule has 1 atom stereocenters. The summed E-state index contributed by atoms with van der Waals surface area (Å²) in [5, 5.41) is 22.9. The van der Waals surface area contributed by atoms with Gasteiger partial charge in [0.25, 0.3) is 28.8 Å². The van der Waals surface area contributed by atoms with Gasteiger partial charge >= 0.3 is 5.69 Å². The lowest BCUT2D eigenvalue weighted by Gasteiger charge is -2.29. The van der Waals surface area contributed by atoms with Crippen molar-refractivity contribution in [3.8, 4) is 45.9 Å². The fourth-order valence-corrected chi connectivity index (χ4v) is 21.2. The number of aromatic amines is 2. The maximum absolute atomic E-state index is 13.5. The van der Waals surface area contributed by atoms with Gasteiger partial charge in [0, 0.05) is 76.9 Å². The number of nitrogens with zero attached hydrogens (tertiary/aromatic N) is 8. The molecule has 0 fully saturated rings. The Bertz CT molecular complexity index is 7870. The Labute approximate surface area is 789 Å². The number of aryl methyl sites for hydroxylation is 6. The number of carbonyl (C=O) groups is 3. The van der Waals surface area contributed by atoms with Crippen molar-refractivity contribution in [2.45, 2.75) is 116 Å². The lowest BCUT2D eigenvalue weighted by atomic mass is 9.81. The third-order valence-corrected chi connectivity index (χ3v) is 28.4. The number of benzene rings is 9. The number of ketones is 1. The molecule has 1 aliphatic heterocycles. The van der Waals surface area contributed by atoms with Crippen LogP contribution in [0.4, 0.5) is 23.1 Å². The lowest BCUT2D eigenvalue weighted by molar-refractivity contribution is -0.118. The number of aromatic nitrogens is 10. The first-order valence-corrected chi connectivity index (χ1v) is 47.8. The number of thiophene rings is 3. The van der Waals surface area contributed by atoms with Crippen LogP contribution in [0.3, 0.4) is 0 Å². The van der Waals surface area contributed by atoms with Crippen LogP contribution >= 0.6 is 57.2 Å². The van der Waals surface area contributed by atoms with Crippen LogP contribution in [-0.2, 0) is 52.8 Å². The van der Waals surface area contributed by atoms with Gasteiger partial charge in [-0.2, -0.15) is 4.98 Å². The van der Waals surface area contributed by atoms with Crippen molar-refractivity contribution in [3.63, 3.8) is 0 Å². The van der Waals surface area contributed by atoms with E-state index in [9.17, 15) is 37.2 Å². The zero-order chi connectivity index (χ0) is 93.6. The first-order chi connectivity index (χ1) is 64.8. The molecule has 676 valence electrons. The number of amides is 2. The Kier molecular flexibility index (Phi) is 27.1. The van der Waals surface area contributed by atoms with Gasteiger partial charge in [-0.15, -0.1) is 34.0 Å². The van der Waals surface area contributed by atoms with Crippen LogP contribution in [0.5, 0.6) is 11.5 Å². The minimum Gasteiger partial charge on any atom is -0.487 e. The third-order valence-electron chi connectivity index (χ3n) is 22.6. The summed E-state index contributed by atoms with van der Waals surface area (Å²) in [6, 6.07) is 69.7. The van der Waals surface area contributed by atoms with Gasteiger partial charge in [-0.05, 0) is 224 Å². The molecule has 3 aliphatic rings. The molecule has 0 saturated heterocycles. The molecule has 27 nitrogen and oxygen atoms in total. The largest absolute Gasteiger partial charge is 0.487 e. The van der Waals surface area contributed by atoms with E-state index in [0.717, 1.165) is 97.3 Å². The van der Waals surface area contributed by atoms with Crippen LogP contribution in [0, 0.1) is 20.8 Å². The molecule has 0 radical (unpaired) electrons. The van der Waals surface area contributed by atoms with E-state index in [1.54, 1.807) is 72.1 Å². The summed E-state index contributed by atoms with van der Waals surface area (Å²) in [4.78, 5) is 102. The molecule has 33 heteroatoms. The minimum absolute atomic E-state index is 0.0582. The van der Waals surface area contributed by atoms with Gasteiger partial charge in [0.2, 0.25) is 11.7 Å². The summed E-state index contributed by atoms with van der Waals surface area (Å²) in [5.74, 6) is 2.68. The van der Waals surface area contributed by atoms with Crippen LogP contribution in [0.2, 0.25) is 10.0 Å². The Hall–Kier alpha value is -14.6. The topological polar surface area (TPSA) is 383 Å². The van der Waals surface area contributed by atoms with Gasteiger partial charge in [-0.1, -0.05) is 170 Å². The number of ether oxygens (including phenoxy) is 2. The number of fused-ring (bicyclic) bond motifs is 10. The third kappa shape index (κ3) is 20.1. The molecule has 0 saturated carbocycles. The summed E-state index contributed by atoms with van der Waals surface area (Å²) in [5.41, 5.74) is 19.9. The molecule has 18 aromatic rings. The maximum Gasteiger partial charge on any atom is 0.329 e. The van der Waals surface area contributed by atoms with Crippen molar-refractivity contribution in [1.29, 1.82) is 0 Å². The molecule has 1 unspecified atom stereocenters. The Morgan fingerprint density at radius 3 is 2.20 bits per heavy atom. The zero-order valence-electron chi connectivity index (χ0n) is 73.3. The molecule has 9 aromatic carbocycles. The second kappa shape index (κ2) is 39.8. The maximum atomic E-state index is 13.5. The predicted octanol–water partition coefficient (Wildman–Crippen LogP) is 21.7. The number of rotatable bonds is 19. The standard InChI is InChI=1S/C25H23N3O3.C25H24N2O3.C17H11Cl2N5O3.C17H16N2O3S2.C17H12N2OS2/c1-4-28-23-20(24(30)27-25(28)31)18(15-11-9-14(10-12-15)13(2)3)19-21(26-23)16-7-5-6-8-17(16)22(19)29;1-4-18-7-10-20(11-8-18)29-15-24(28)26-21-14-19(9-6-17(21)3)25-27-22-13-16(2)5-12-23(22)30-25;18-11-4-5-13(12(19)7-11)25-8-9-2-1-3-10(6-9)17-21-16(24-26-17)14-15(20)23-27-22-14;20-16-15-12-8-4-5-9-13(12)23-17(15)19-14(18-16)10-24(21,22)11-6-2-1-3-7-11;1-10-6-7-18-15(8-10)19-17(20)14-9-13-16(22-14)11-4-2-3-5-12(11)21-13/h5-13,18,26H,4H2,1-3H3,(H,27,30,31);5-14H,4,15H2,1-3H3,(H,26,28);1-7H,8H2,(H2,20,23);1-3,6-7H,4-5,8-10H2,(H,18,19,20);2-9H,1H3,(H,18,19,20). The highest BCUT2D eigenvalue weighted by molar-refractivity contribution is 7.90. The highest BCUT2D eigenvalue weighted by atomic mass is 35.5. The molecule has 0 bridgehead atoms. The number of nitrogens with one attached hydrogen (secondary N) is 5. The van der Waals surface area contributed by atoms with Crippen LogP contribution in [0.1, 0.15) is 139 Å². The number of allylic oxidation sites excluding steroid dienone is 1. The first kappa shape index (κ1) is 91.3.